The van der Waals surface area contributed by atoms with Crippen molar-refractivity contribution >= 4 is 38.9 Å². The Hall–Kier alpha value is -0.450. The van der Waals surface area contributed by atoms with Crippen LogP contribution >= 0.6 is 38.9 Å². The van der Waals surface area contributed by atoms with Crippen LogP contribution in [0.1, 0.15) is 12.7 Å². The molecule has 2 aromatic heterocycles. The Morgan fingerprint density at radius 3 is 2.87 bits per heavy atom. The smallest absolute Gasteiger partial charge is 0.130 e. The van der Waals surface area contributed by atoms with Gasteiger partial charge in [0.1, 0.15) is 14.8 Å². The molecule has 0 bridgehead atoms. The number of aryl methyl sites for hydroxylation is 1. The van der Waals surface area contributed by atoms with Gasteiger partial charge in [0.2, 0.25) is 0 Å². The van der Waals surface area contributed by atoms with Gasteiger partial charge in [-0.3, -0.25) is 0 Å². The van der Waals surface area contributed by atoms with Crippen molar-refractivity contribution in [3.8, 4) is 11.3 Å². The highest BCUT2D eigenvalue weighted by molar-refractivity contribution is 9.10. The minimum absolute atomic E-state index is 0.766. The van der Waals surface area contributed by atoms with Crippen LogP contribution in [-0.4, -0.2) is 9.97 Å². The van der Waals surface area contributed by atoms with Crippen LogP contribution in [0.5, 0.6) is 0 Å². The number of hydrogen-bond donors (Lipinski definition) is 0. The lowest BCUT2D eigenvalue weighted by atomic mass is 10.2. The first-order valence-corrected chi connectivity index (χ1v) is 6.52. The molecule has 78 valence electrons. The Morgan fingerprint density at radius 2 is 2.27 bits per heavy atom. The van der Waals surface area contributed by atoms with Crippen molar-refractivity contribution in [1.29, 1.82) is 0 Å². The second-order valence-electron chi connectivity index (χ2n) is 2.95. The number of aromatic nitrogens is 2. The van der Waals surface area contributed by atoms with Crippen LogP contribution in [0.3, 0.4) is 0 Å². The second-order valence-corrected chi connectivity index (χ2v) is 5.28. The third kappa shape index (κ3) is 2.38. The summed E-state index contributed by atoms with van der Waals surface area (Å²) < 4.78 is 1.56. The Balaban J connectivity index is 2.53. The average Bonchev–Trinajstić information content (AvgIpc) is 2.63. The first kappa shape index (κ1) is 11.0. The molecule has 0 radical (unpaired) electrons. The minimum Gasteiger partial charge on any atom is -0.233 e. The predicted octanol–water partition coefficient (Wildman–Crippen LogP) is 4.18. The summed E-state index contributed by atoms with van der Waals surface area (Å²) >= 11 is 10.9. The van der Waals surface area contributed by atoms with Gasteiger partial charge in [0, 0.05) is 12.0 Å². The maximum atomic E-state index is 6.06. The van der Waals surface area contributed by atoms with Gasteiger partial charge in [0.05, 0.1) is 5.69 Å². The molecule has 2 rings (SSSR count). The van der Waals surface area contributed by atoms with E-state index in [4.69, 9.17) is 11.6 Å². The number of nitrogens with zero attached hydrogens (tertiary/aromatic N) is 2. The molecule has 0 aliphatic rings. The molecular weight excluding hydrogens is 296 g/mol. The van der Waals surface area contributed by atoms with Gasteiger partial charge in [-0.15, -0.1) is 11.3 Å². The summed E-state index contributed by atoms with van der Waals surface area (Å²) in [4.78, 5) is 8.69. The van der Waals surface area contributed by atoms with Crippen molar-refractivity contribution in [1.82, 2.24) is 9.97 Å². The highest BCUT2D eigenvalue weighted by Gasteiger charge is 2.08. The molecule has 15 heavy (non-hydrogen) atoms. The van der Waals surface area contributed by atoms with Crippen molar-refractivity contribution in [3.63, 3.8) is 0 Å². The fraction of sp³-hybridized carbons (Fsp3) is 0.200. The van der Waals surface area contributed by atoms with Gasteiger partial charge in [-0.2, -0.15) is 0 Å². The zero-order valence-corrected chi connectivity index (χ0v) is 11.2. The molecule has 0 aliphatic heterocycles. The molecule has 0 atom stereocenters. The van der Waals surface area contributed by atoms with E-state index in [2.05, 4.69) is 25.9 Å². The van der Waals surface area contributed by atoms with E-state index in [1.54, 1.807) is 0 Å². The Labute approximate surface area is 105 Å². The zero-order chi connectivity index (χ0) is 10.8. The van der Waals surface area contributed by atoms with E-state index >= 15 is 0 Å². The normalized spacial score (nSPS) is 10.6. The molecule has 0 amide bonds. The van der Waals surface area contributed by atoms with Crippen molar-refractivity contribution in [2.24, 2.45) is 0 Å². The molecule has 0 fully saturated rings. The van der Waals surface area contributed by atoms with Crippen LogP contribution < -0.4 is 0 Å². The number of thiophene rings is 1. The highest BCUT2D eigenvalue weighted by atomic mass is 79.9. The van der Waals surface area contributed by atoms with Crippen LogP contribution in [-0.2, 0) is 6.42 Å². The fourth-order valence-corrected chi connectivity index (χ4v) is 2.60. The number of hydrogen-bond acceptors (Lipinski definition) is 3. The maximum Gasteiger partial charge on any atom is 0.130 e. The fourth-order valence-electron chi connectivity index (χ4n) is 1.24. The summed E-state index contributed by atoms with van der Waals surface area (Å²) in [7, 11) is 0. The second kappa shape index (κ2) is 4.60. The standard InChI is InChI=1S/C10H8BrClN2S/c1-2-9-13-7(5-8(11)14-9)6-3-4-15-10(6)12/h3-5H,2H2,1H3. The summed E-state index contributed by atoms with van der Waals surface area (Å²) in [6.45, 7) is 2.03. The monoisotopic (exact) mass is 302 g/mol. The molecule has 0 aliphatic carbocycles. The average molecular weight is 304 g/mol. The first-order valence-electron chi connectivity index (χ1n) is 4.47. The van der Waals surface area contributed by atoms with Crippen LogP contribution in [0.4, 0.5) is 0 Å². The van der Waals surface area contributed by atoms with E-state index in [0.29, 0.717) is 0 Å². The topological polar surface area (TPSA) is 25.8 Å². The third-order valence-electron chi connectivity index (χ3n) is 1.95. The third-order valence-corrected chi connectivity index (χ3v) is 3.53. The van der Waals surface area contributed by atoms with E-state index in [0.717, 1.165) is 32.4 Å². The van der Waals surface area contributed by atoms with Crippen LogP contribution in [0.15, 0.2) is 22.1 Å². The molecule has 0 spiro atoms. The molecule has 5 heteroatoms. The van der Waals surface area contributed by atoms with Crippen molar-refractivity contribution in [3.05, 3.63) is 32.3 Å². The van der Waals surface area contributed by atoms with E-state index in [9.17, 15) is 0 Å². The lowest BCUT2D eigenvalue weighted by molar-refractivity contribution is 0.932. The quantitative estimate of drug-likeness (QED) is 0.778. The lowest BCUT2D eigenvalue weighted by Crippen LogP contribution is -1.95. The minimum atomic E-state index is 0.766. The van der Waals surface area contributed by atoms with Gasteiger partial charge in [0.15, 0.2) is 0 Å². The van der Waals surface area contributed by atoms with E-state index in [1.807, 2.05) is 24.4 Å². The van der Waals surface area contributed by atoms with E-state index in [1.165, 1.54) is 11.3 Å². The molecule has 0 aromatic carbocycles. The van der Waals surface area contributed by atoms with Crippen molar-refractivity contribution < 1.29 is 0 Å². The van der Waals surface area contributed by atoms with Gasteiger partial charge in [-0.05, 0) is 33.4 Å². The molecule has 2 nitrogen and oxygen atoms in total. The molecule has 0 unspecified atom stereocenters. The molecule has 2 heterocycles. The Morgan fingerprint density at radius 1 is 1.47 bits per heavy atom. The molecule has 0 N–H and O–H groups in total. The maximum absolute atomic E-state index is 6.06. The van der Waals surface area contributed by atoms with Gasteiger partial charge >= 0.3 is 0 Å². The van der Waals surface area contributed by atoms with Gasteiger partial charge in [0.25, 0.3) is 0 Å². The zero-order valence-electron chi connectivity index (χ0n) is 8.00. The predicted molar refractivity (Wildman–Crippen MR) is 67.4 cm³/mol. The molecule has 2 aromatic rings. The largest absolute Gasteiger partial charge is 0.233 e. The number of halogens is 2. The van der Waals surface area contributed by atoms with Crippen molar-refractivity contribution in [2.45, 2.75) is 13.3 Å². The van der Waals surface area contributed by atoms with Gasteiger partial charge in [-0.1, -0.05) is 18.5 Å². The molecular formula is C10H8BrClN2S. The molecule has 0 saturated carbocycles. The van der Waals surface area contributed by atoms with E-state index in [-0.39, 0.29) is 0 Å². The van der Waals surface area contributed by atoms with Crippen molar-refractivity contribution in [2.75, 3.05) is 0 Å². The SMILES string of the molecule is CCc1nc(Br)cc(-c2ccsc2Cl)n1. The number of rotatable bonds is 2. The summed E-state index contributed by atoms with van der Waals surface area (Å²) in [5, 5.41) is 1.96. The summed E-state index contributed by atoms with van der Waals surface area (Å²) in [5.41, 5.74) is 1.85. The van der Waals surface area contributed by atoms with Gasteiger partial charge in [-0.25, -0.2) is 9.97 Å². The van der Waals surface area contributed by atoms with Gasteiger partial charge < -0.3 is 0 Å². The van der Waals surface area contributed by atoms with Crippen LogP contribution in [0.2, 0.25) is 4.34 Å². The van der Waals surface area contributed by atoms with Crippen LogP contribution in [0, 0.1) is 0 Å². The first-order chi connectivity index (χ1) is 7.20. The summed E-state index contributed by atoms with van der Waals surface area (Å²) in [6.07, 6.45) is 0.814. The van der Waals surface area contributed by atoms with E-state index < -0.39 is 0 Å². The summed E-state index contributed by atoms with van der Waals surface area (Å²) in [5.74, 6) is 0.821. The Kier molecular flexibility index (Phi) is 3.38. The Bertz CT molecular complexity index is 484. The highest BCUT2D eigenvalue weighted by Crippen LogP contribution is 2.32. The summed E-state index contributed by atoms with van der Waals surface area (Å²) in [6, 6.07) is 3.86. The van der Waals surface area contributed by atoms with Crippen LogP contribution in [0.25, 0.3) is 11.3 Å². The molecule has 0 saturated heterocycles. The lowest BCUT2D eigenvalue weighted by Gasteiger charge is -2.02.